The Morgan fingerprint density at radius 2 is 1.70 bits per heavy atom. The maximum atomic E-state index is 6.01. The van der Waals surface area contributed by atoms with Crippen LogP contribution < -0.4 is 4.74 Å². The van der Waals surface area contributed by atoms with Crippen molar-refractivity contribution in [2.45, 2.75) is 71.3 Å². The zero-order valence-electron chi connectivity index (χ0n) is 13.2. The minimum Gasteiger partial charge on any atom is -0.490 e. The molecule has 0 aromatic heterocycles. The summed E-state index contributed by atoms with van der Waals surface area (Å²) >= 11 is 0. The van der Waals surface area contributed by atoms with E-state index in [-0.39, 0.29) is 6.10 Å². The van der Waals surface area contributed by atoms with Gasteiger partial charge in [-0.2, -0.15) is 0 Å². The number of unbranched alkanes of at least 4 members (excludes halogenated alkanes) is 6. The molecule has 0 saturated carbocycles. The van der Waals surface area contributed by atoms with E-state index in [0.717, 1.165) is 17.7 Å². The molecule has 1 heteroatoms. The molecule has 0 aliphatic heterocycles. The average Bonchev–Trinajstić information content (AvgIpc) is 2.47. The van der Waals surface area contributed by atoms with E-state index in [1.165, 1.54) is 44.9 Å². The van der Waals surface area contributed by atoms with Gasteiger partial charge in [-0.15, -0.1) is 0 Å². The van der Waals surface area contributed by atoms with E-state index in [1.54, 1.807) is 0 Å². The van der Waals surface area contributed by atoms with Gasteiger partial charge in [0.25, 0.3) is 0 Å². The molecule has 0 bridgehead atoms. The number of para-hydroxylation sites is 1. The molecule has 1 rings (SSSR count). The van der Waals surface area contributed by atoms with E-state index in [1.807, 2.05) is 30.3 Å². The van der Waals surface area contributed by atoms with Crippen LogP contribution in [0.1, 0.15) is 70.8 Å². The standard InChI is InChI=1S/C19H30O/c1-4-6-7-8-9-10-11-14-17(3)20-19-16-13-12-15-18(19)5-2/h5,12-13,15-17H,2,4,6-11,14H2,1,3H3. The summed E-state index contributed by atoms with van der Waals surface area (Å²) < 4.78 is 6.01. The number of hydrogen-bond acceptors (Lipinski definition) is 1. The van der Waals surface area contributed by atoms with Crippen LogP contribution in [0.25, 0.3) is 6.08 Å². The lowest BCUT2D eigenvalue weighted by Gasteiger charge is -2.16. The van der Waals surface area contributed by atoms with E-state index in [0.29, 0.717) is 0 Å². The van der Waals surface area contributed by atoms with Crippen molar-refractivity contribution in [1.29, 1.82) is 0 Å². The zero-order valence-corrected chi connectivity index (χ0v) is 13.2. The van der Waals surface area contributed by atoms with Crippen molar-refractivity contribution >= 4 is 6.08 Å². The van der Waals surface area contributed by atoms with Gasteiger partial charge in [-0.05, 0) is 25.8 Å². The maximum Gasteiger partial charge on any atom is 0.126 e. The fraction of sp³-hybridized carbons (Fsp3) is 0.579. The lowest BCUT2D eigenvalue weighted by atomic mass is 10.1. The molecule has 0 aliphatic carbocycles. The summed E-state index contributed by atoms with van der Waals surface area (Å²) in [5.41, 5.74) is 1.08. The minimum absolute atomic E-state index is 0.284. The predicted molar refractivity (Wildman–Crippen MR) is 89.2 cm³/mol. The van der Waals surface area contributed by atoms with Gasteiger partial charge in [0.2, 0.25) is 0 Å². The SMILES string of the molecule is C=Cc1ccccc1OC(C)CCCCCCCCC. The quantitative estimate of drug-likeness (QED) is 0.434. The van der Waals surface area contributed by atoms with Gasteiger partial charge in [0.1, 0.15) is 5.75 Å². The molecule has 1 atom stereocenters. The molecule has 20 heavy (non-hydrogen) atoms. The van der Waals surface area contributed by atoms with Crippen LogP contribution in [-0.2, 0) is 0 Å². The monoisotopic (exact) mass is 274 g/mol. The Hall–Kier alpha value is -1.24. The minimum atomic E-state index is 0.284. The van der Waals surface area contributed by atoms with Gasteiger partial charge in [-0.25, -0.2) is 0 Å². The molecule has 1 aromatic carbocycles. The summed E-state index contributed by atoms with van der Waals surface area (Å²) in [6, 6.07) is 8.11. The Balaban J connectivity index is 2.17. The number of rotatable bonds is 11. The van der Waals surface area contributed by atoms with Crippen LogP contribution in [-0.4, -0.2) is 6.10 Å². The van der Waals surface area contributed by atoms with Gasteiger partial charge in [-0.1, -0.05) is 76.3 Å². The third-order valence-corrected chi connectivity index (χ3v) is 3.68. The van der Waals surface area contributed by atoms with Crippen LogP contribution in [0.5, 0.6) is 5.75 Å². The van der Waals surface area contributed by atoms with Crippen LogP contribution in [0.15, 0.2) is 30.8 Å². The molecule has 1 unspecified atom stereocenters. The molecule has 1 aromatic rings. The van der Waals surface area contributed by atoms with Gasteiger partial charge in [-0.3, -0.25) is 0 Å². The summed E-state index contributed by atoms with van der Waals surface area (Å²) in [5, 5.41) is 0. The van der Waals surface area contributed by atoms with Gasteiger partial charge in [0.05, 0.1) is 6.10 Å². The van der Waals surface area contributed by atoms with Crippen LogP contribution >= 0.6 is 0 Å². The highest BCUT2D eigenvalue weighted by atomic mass is 16.5. The Morgan fingerprint density at radius 3 is 2.40 bits per heavy atom. The highest BCUT2D eigenvalue weighted by Crippen LogP contribution is 2.21. The molecule has 1 nitrogen and oxygen atoms in total. The van der Waals surface area contributed by atoms with Crippen molar-refractivity contribution in [3.05, 3.63) is 36.4 Å². The van der Waals surface area contributed by atoms with Crippen LogP contribution in [0.2, 0.25) is 0 Å². The summed E-state index contributed by atoms with van der Waals surface area (Å²) in [7, 11) is 0. The number of ether oxygens (including phenoxy) is 1. The van der Waals surface area contributed by atoms with Crippen LogP contribution in [0, 0.1) is 0 Å². The summed E-state index contributed by atoms with van der Waals surface area (Å²) in [6.45, 7) is 8.26. The fourth-order valence-corrected chi connectivity index (χ4v) is 2.42. The topological polar surface area (TPSA) is 9.23 Å². The Kier molecular flexibility index (Phi) is 8.86. The first kappa shape index (κ1) is 16.8. The first-order chi connectivity index (χ1) is 9.77. The largest absolute Gasteiger partial charge is 0.490 e. The highest BCUT2D eigenvalue weighted by molar-refractivity contribution is 5.55. The summed E-state index contributed by atoms with van der Waals surface area (Å²) in [4.78, 5) is 0. The zero-order chi connectivity index (χ0) is 14.6. The molecule has 0 aliphatic rings. The molecule has 0 spiro atoms. The molecule has 0 saturated heterocycles. The molecular formula is C19H30O. The number of hydrogen-bond donors (Lipinski definition) is 0. The van der Waals surface area contributed by atoms with Crippen molar-refractivity contribution in [1.82, 2.24) is 0 Å². The summed E-state index contributed by atoms with van der Waals surface area (Å²) in [6.07, 6.45) is 12.8. The second-order valence-electron chi connectivity index (χ2n) is 5.58. The first-order valence-corrected chi connectivity index (χ1v) is 8.16. The second kappa shape index (κ2) is 10.5. The smallest absolute Gasteiger partial charge is 0.126 e. The van der Waals surface area contributed by atoms with Gasteiger partial charge < -0.3 is 4.74 Å². The van der Waals surface area contributed by atoms with Gasteiger partial charge >= 0.3 is 0 Å². The van der Waals surface area contributed by atoms with E-state index < -0.39 is 0 Å². The molecule has 0 radical (unpaired) electrons. The lowest BCUT2D eigenvalue weighted by molar-refractivity contribution is 0.206. The third-order valence-electron chi connectivity index (χ3n) is 3.68. The second-order valence-corrected chi connectivity index (χ2v) is 5.58. The van der Waals surface area contributed by atoms with Crippen LogP contribution in [0.3, 0.4) is 0 Å². The molecule has 0 heterocycles. The van der Waals surface area contributed by atoms with Gasteiger partial charge in [0, 0.05) is 5.56 Å². The van der Waals surface area contributed by atoms with Crippen molar-refractivity contribution in [3.63, 3.8) is 0 Å². The molecule has 0 N–H and O–H groups in total. The van der Waals surface area contributed by atoms with E-state index in [9.17, 15) is 0 Å². The van der Waals surface area contributed by atoms with E-state index in [4.69, 9.17) is 4.74 Å². The predicted octanol–water partition coefficient (Wildman–Crippen LogP) is 6.24. The molecule has 0 fully saturated rings. The van der Waals surface area contributed by atoms with Gasteiger partial charge in [0.15, 0.2) is 0 Å². The van der Waals surface area contributed by atoms with Crippen molar-refractivity contribution in [2.24, 2.45) is 0 Å². The van der Waals surface area contributed by atoms with Crippen molar-refractivity contribution < 1.29 is 4.74 Å². The Bertz CT molecular complexity index is 370. The molecular weight excluding hydrogens is 244 g/mol. The molecule has 112 valence electrons. The van der Waals surface area contributed by atoms with E-state index >= 15 is 0 Å². The highest BCUT2D eigenvalue weighted by Gasteiger charge is 2.06. The van der Waals surface area contributed by atoms with Crippen LogP contribution in [0.4, 0.5) is 0 Å². The fourth-order valence-electron chi connectivity index (χ4n) is 2.42. The van der Waals surface area contributed by atoms with E-state index in [2.05, 4.69) is 20.4 Å². The molecule has 0 amide bonds. The average molecular weight is 274 g/mol. The third kappa shape index (κ3) is 6.79. The summed E-state index contributed by atoms with van der Waals surface area (Å²) in [5.74, 6) is 0.956. The van der Waals surface area contributed by atoms with Crippen molar-refractivity contribution in [3.8, 4) is 5.75 Å². The lowest BCUT2D eigenvalue weighted by Crippen LogP contribution is -2.12. The first-order valence-electron chi connectivity index (χ1n) is 8.16. The van der Waals surface area contributed by atoms with Crippen molar-refractivity contribution in [2.75, 3.05) is 0 Å². The Labute approximate surface area is 125 Å². The number of benzene rings is 1. The normalized spacial score (nSPS) is 12.1. The Morgan fingerprint density at radius 1 is 1.05 bits per heavy atom. The maximum absolute atomic E-state index is 6.01.